The fraction of sp³-hybridized carbons (Fsp3) is 0.118. The number of hydrogen-bond acceptors (Lipinski definition) is 0. The average Bonchev–Trinajstić information content (AvgIpc) is 3.35. The molecule has 0 N–H and O–H groups in total. The van der Waals surface area contributed by atoms with Gasteiger partial charge in [-0.2, -0.15) is 0 Å². The van der Waals surface area contributed by atoms with E-state index in [1.807, 2.05) is 42.5 Å². The van der Waals surface area contributed by atoms with Crippen LogP contribution < -0.4 is 54.6 Å². The number of fused-ring (bicyclic) bond motifs is 3. The van der Waals surface area contributed by atoms with Crippen molar-refractivity contribution in [3.63, 3.8) is 0 Å². The number of hydrogen-bond donors (Lipinski definition) is 0. The Morgan fingerprint density at radius 1 is 0.422 bits per heavy atom. The molecule has 20 radical (unpaired) electrons. The number of aromatic nitrogens is 1. The highest BCUT2D eigenvalue weighted by atomic mass is 15.0. The van der Waals surface area contributed by atoms with Crippen molar-refractivity contribution in [1.82, 2.24) is 4.57 Å². The van der Waals surface area contributed by atoms with E-state index < -0.39 is 5.41 Å². The summed E-state index contributed by atoms with van der Waals surface area (Å²) in [4.78, 5) is 0. The molecule has 11 heteroatoms. The summed E-state index contributed by atoms with van der Waals surface area (Å²) >= 11 is 0. The molecule has 0 saturated heterocycles. The first-order valence-electron chi connectivity index (χ1n) is 14.4. The predicted octanol–water partition coefficient (Wildman–Crippen LogP) is -2.65. The highest BCUT2D eigenvalue weighted by molar-refractivity contribution is 6.70. The molecule has 1 nitrogen and oxygen atoms in total. The molecule has 6 rings (SSSR count). The Morgan fingerprint density at radius 3 is 1.36 bits per heavy atom. The van der Waals surface area contributed by atoms with Crippen LogP contribution in [-0.2, 0) is 5.41 Å². The zero-order valence-corrected chi connectivity index (χ0v) is 25.5. The molecular weight excluding hydrogens is 531 g/mol. The molecule has 0 spiro atoms. The fourth-order valence-corrected chi connectivity index (χ4v) is 6.48. The summed E-state index contributed by atoms with van der Waals surface area (Å²) in [6.45, 7) is 6.37. The summed E-state index contributed by atoms with van der Waals surface area (Å²) in [5.74, 6) is 0. The molecule has 0 saturated carbocycles. The molecule has 6 aromatic rings. The Kier molecular flexibility index (Phi) is 7.79. The lowest BCUT2D eigenvalue weighted by atomic mass is 9.59. The minimum Gasteiger partial charge on any atom is -0.309 e. The van der Waals surface area contributed by atoms with E-state index in [0.717, 1.165) is 44.2 Å². The summed E-state index contributed by atoms with van der Waals surface area (Å²) in [5, 5.41) is 1.80. The van der Waals surface area contributed by atoms with Gasteiger partial charge in [0.25, 0.3) is 0 Å². The molecule has 0 aliphatic heterocycles. The molecule has 5 aromatic carbocycles. The Bertz CT molecular complexity index is 2140. The molecule has 45 heavy (non-hydrogen) atoms. The molecule has 0 fully saturated rings. The summed E-state index contributed by atoms with van der Waals surface area (Å²) < 4.78 is 2.20. The van der Waals surface area contributed by atoms with Crippen LogP contribution in [0.3, 0.4) is 0 Å². The molecule has 0 atom stereocenters. The van der Waals surface area contributed by atoms with E-state index in [1.165, 1.54) is 0 Å². The van der Waals surface area contributed by atoms with E-state index in [4.69, 9.17) is 78.5 Å². The highest BCUT2D eigenvalue weighted by Crippen LogP contribution is 2.45. The van der Waals surface area contributed by atoms with Gasteiger partial charge in [0.1, 0.15) is 78.5 Å². The van der Waals surface area contributed by atoms with Gasteiger partial charge >= 0.3 is 0 Å². The van der Waals surface area contributed by atoms with E-state index in [2.05, 4.69) is 43.5 Å². The van der Waals surface area contributed by atoms with Crippen molar-refractivity contribution in [2.24, 2.45) is 0 Å². The molecular formula is C34H19B10N. The molecule has 0 bridgehead atoms. The minimum atomic E-state index is -0.461. The zero-order valence-electron chi connectivity index (χ0n) is 25.5. The third-order valence-corrected chi connectivity index (χ3v) is 8.66. The quantitative estimate of drug-likeness (QED) is 0.213. The standard InChI is InChI=1S/C34H19B10N/c1-34(2,3)23-16(21-26(37)30(41)33(44)31(42)27(21)38)12-13-18-22(23)19-15(20-24(35)28(39)32(43)29(40)25(20)36)10-7-11-17(19)45(18)14-8-5-4-6-9-14/h4-13H,1-3H3. The van der Waals surface area contributed by atoms with Gasteiger partial charge < -0.3 is 4.57 Å². The maximum Gasteiger partial charge on any atom is 0.113 e. The number of rotatable bonds is 3. The van der Waals surface area contributed by atoms with Gasteiger partial charge in [-0.05, 0) is 57.5 Å². The maximum absolute atomic E-state index is 6.65. The van der Waals surface area contributed by atoms with Gasteiger partial charge in [0.05, 0.1) is 11.0 Å². The van der Waals surface area contributed by atoms with Crippen LogP contribution in [-0.4, -0.2) is 83.0 Å². The average molecular weight is 550 g/mol. The van der Waals surface area contributed by atoms with Gasteiger partial charge in [-0.1, -0.05) is 79.0 Å². The third-order valence-electron chi connectivity index (χ3n) is 8.66. The fourth-order valence-electron chi connectivity index (χ4n) is 6.48. The Balaban J connectivity index is 1.92. The lowest BCUT2D eigenvalue weighted by Gasteiger charge is -2.29. The molecule has 0 aliphatic rings. The van der Waals surface area contributed by atoms with Crippen LogP contribution in [0.1, 0.15) is 26.3 Å². The zero-order chi connectivity index (χ0) is 32.7. The van der Waals surface area contributed by atoms with Crippen LogP contribution in [0, 0.1) is 0 Å². The van der Waals surface area contributed by atoms with Crippen molar-refractivity contribution in [1.29, 1.82) is 0 Å². The first kappa shape index (κ1) is 31.5. The van der Waals surface area contributed by atoms with E-state index in [9.17, 15) is 0 Å². The monoisotopic (exact) mass is 551 g/mol. The summed E-state index contributed by atoms with van der Waals surface area (Å²) in [6, 6.07) is 20.1. The van der Waals surface area contributed by atoms with Crippen molar-refractivity contribution in [2.75, 3.05) is 0 Å². The lowest BCUT2D eigenvalue weighted by molar-refractivity contribution is 0.598. The Hall–Kier alpha value is -3.45. The van der Waals surface area contributed by atoms with E-state index in [1.54, 1.807) is 0 Å². The van der Waals surface area contributed by atoms with Crippen molar-refractivity contribution in [3.05, 3.63) is 66.2 Å². The van der Waals surface area contributed by atoms with E-state index >= 15 is 0 Å². The molecule has 0 unspecified atom stereocenters. The second kappa shape index (κ2) is 11.1. The summed E-state index contributed by atoms with van der Waals surface area (Å²) in [5.41, 5.74) is 7.80. The Labute approximate surface area is 278 Å². The molecule has 190 valence electrons. The van der Waals surface area contributed by atoms with Gasteiger partial charge in [0, 0.05) is 16.5 Å². The highest BCUT2D eigenvalue weighted by Gasteiger charge is 2.29. The second-order valence-corrected chi connectivity index (χ2v) is 12.4. The smallest absolute Gasteiger partial charge is 0.113 e. The van der Waals surface area contributed by atoms with E-state index in [0.29, 0.717) is 11.1 Å². The van der Waals surface area contributed by atoms with Crippen molar-refractivity contribution in [2.45, 2.75) is 26.2 Å². The number of nitrogens with zero attached hydrogens (tertiary/aromatic N) is 1. The topological polar surface area (TPSA) is 4.93 Å². The largest absolute Gasteiger partial charge is 0.309 e. The minimum absolute atomic E-state index is 0.148. The third kappa shape index (κ3) is 4.67. The molecule has 0 aliphatic carbocycles. The van der Waals surface area contributed by atoms with Crippen LogP contribution in [0.4, 0.5) is 0 Å². The van der Waals surface area contributed by atoms with Crippen LogP contribution in [0.2, 0.25) is 0 Å². The lowest BCUT2D eigenvalue weighted by Crippen LogP contribution is -2.55. The number of para-hydroxylation sites is 1. The van der Waals surface area contributed by atoms with Crippen LogP contribution in [0.5, 0.6) is 0 Å². The Morgan fingerprint density at radius 2 is 0.867 bits per heavy atom. The summed E-state index contributed by atoms with van der Waals surface area (Å²) in [7, 11) is 64.4. The number of benzene rings is 5. The SMILES string of the molecule is [B]c1c([B])c([B])c(-c2ccc3c(c2C(C)(C)C)c2c(-c4c([B])c([B])c([B])c([B])c4[B])cccc2n3-c2ccccc2)c([B])c1[B]. The van der Waals surface area contributed by atoms with Gasteiger partial charge in [0.2, 0.25) is 0 Å². The van der Waals surface area contributed by atoms with Crippen LogP contribution in [0.25, 0.3) is 49.7 Å². The van der Waals surface area contributed by atoms with Crippen LogP contribution >= 0.6 is 0 Å². The van der Waals surface area contributed by atoms with Crippen LogP contribution in [0.15, 0.2) is 60.7 Å². The van der Waals surface area contributed by atoms with Gasteiger partial charge in [-0.15, -0.1) is 32.8 Å². The van der Waals surface area contributed by atoms with Crippen molar-refractivity contribution < 1.29 is 0 Å². The maximum atomic E-state index is 6.65. The summed E-state index contributed by atoms with van der Waals surface area (Å²) in [6.07, 6.45) is 0. The second-order valence-electron chi connectivity index (χ2n) is 12.4. The molecule has 0 amide bonds. The van der Waals surface area contributed by atoms with Gasteiger partial charge in [-0.25, -0.2) is 0 Å². The molecule has 1 aromatic heterocycles. The van der Waals surface area contributed by atoms with Crippen molar-refractivity contribution in [3.8, 4) is 27.9 Å². The van der Waals surface area contributed by atoms with Crippen molar-refractivity contribution >= 4 is 155 Å². The molecule has 1 heterocycles. The first-order valence-corrected chi connectivity index (χ1v) is 14.4. The predicted molar refractivity (Wildman–Crippen MR) is 204 cm³/mol. The normalized spacial score (nSPS) is 11.9. The van der Waals surface area contributed by atoms with Gasteiger partial charge in [-0.3, -0.25) is 0 Å². The van der Waals surface area contributed by atoms with Gasteiger partial charge in [0.15, 0.2) is 0 Å². The van der Waals surface area contributed by atoms with E-state index in [-0.39, 0.29) is 54.6 Å². The first-order chi connectivity index (χ1) is 21.2.